The molecule has 106 valence electrons. The van der Waals surface area contributed by atoms with Gasteiger partial charge in [-0.05, 0) is 42.5 Å². The minimum atomic E-state index is -0.954. The van der Waals surface area contributed by atoms with E-state index < -0.39 is 11.8 Å². The number of anilines is 2. The zero-order chi connectivity index (χ0) is 14.8. The number of hydrogen-bond donors (Lipinski definition) is 1. The van der Waals surface area contributed by atoms with Crippen molar-refractivity contribution in [1.82, 2.24) is 0 Å². The molecule has 1 aliphatic rings. The maximum atomic E-state index is 12.3. The lowest BCUT2D eigenvalue weighted by molar-refractivity contribution is -0.135. The monoisotopic (exact) mass is 280 g/mol. The van der Waals surface area contributed by atoms with Crippen LogP contribution in [0.3, 0.4) is 0 Å². The Hall–Kier alpha value is -2.62. The average molecular weight is 280 g/mol. The van der Waals surface area contributed by atoms with Crippen LogP contribution in [0.2, 0.25) is 0 Å². The van der Waals surface area contributed by atoms with E-state index in [1.807, 2.05) is 42.5 Å². The predicted molar refractivity (Wildman–Crippen MR) is 81.2 cm³/mol. The summed E-state index contributed by atoms with van der Waals surface area (Å²) in [7, 11) is 0. The average Bonchev–Trinajstić information content (AvgIpc) is 3.34. The van der Waals surface area contributed by atoms with Crippen molar-refractivity contribution in [3.8, 4) is 0 Å². The highest BCUT2D eigenvalue weighted by Crippen LogP contribution is 2.45. The molecule has 2 amide bonds. The SMILES string of the molecule is NC(=O)C(=O)N(c1ccccc1)c1ccccc1C1CC1. The van der Waals surface area contributed by atoms with E-state index in [0.717, 1.165) is 24.1 Å². The molecule has 0 radical (unpaired) electrons. The summed E-state index contributed by atoms with van der Waals surface area (Å²) in [4.78, 5) is 25.1. The van der Waals surface area contributed by atoms with Crippen molar-refractivity contribution in [3.63, 3.8) is 0 Å². The molecule has 0 heterocycles. The first-order valence-electron chi connectivity index (χ1n) is 6.96. The minimum Gasteiger partial charge on any atom is -0.361 e. The molecule has 4 heteroatoms. The van der Waals surface area contributed by atoms with Crippen molar-refractivity contribution in [2.75, 3.05) is 4.90 Å². The third kappa shape index (κ3) is 2.65. The van der Waals surface area contributed by atoms with Crippen LogP contribution in [0.4, 0.5) is 11.4 Å². The Morgan fingerprint density at radius 2 is 1.57 bits per heavy atom. The molecule has 2 aromatic rings. The van der Waals surface area contributed by atoms with E-state index in [2.05, 4.69) is 0 Å². The van der Waals surface area contributed by atoms with E-state index in [4.69, 9.17) is 5.73 Å². The number of rotatable bonds is 3. The van der Waals surface area contributed by atoms with Gasteiger partial charge < -0.3 is 5.73 Å². The van der Waals surface area contributed by atoms with Gasteiger partial charge in [-0.3, -0.25) is 14.5 Å². The third-order valence-corrected chi connectivity index (χ3v) is 3.62. The van der Waals surface area contributed by atoms with E-state index in [0.29, 0.717) is 11.6 Å². The second kappa shape index (κ2) is 5.40. The van der Waals surface area contributed by atoms with Gasteiger partial charge >= 0.3 is 11.8 Å². The van der Waals surface area contributed by atoms with Crippen LogP contribution >= 0.6 is 0 Å². The first kappa shape index (κ1) is 13.4. The molecular weight excluding hydrogens is 264 g/mol. The molecule has 0 aromatic heterocycles. The fraction of sp³-hybridized carbons (Fsp3) is 0.176. The Morgan fingerprint density at radius 3 is 2.19 bits per heavy atom. The van der Waals surface area contributed by atoms with Gasteiger partial charge in [0.2, 0.25) is 0 Å². The topological polar surface area (TPSA) is 63.4 Å². The largest absolute Gasteiger partial charge is 0.361 e. The van der Waals surface area contributed by atoms with Gasteiger partial charge in [0.15, 0.2) is 0 Å². The van der Waals surface area contributed by atoms with E-state index in [1.165, 1.54) is 4.90 Å². The molecule has 0 saturated heterocycles. The molecule has 0 aliphatic heterocycles. The molecule has 2 N–H and O–H groups in total. The molecule has 0 unspecified atom stereocenters. The molecular formula is C17H16N2O2. The molecule has 0 bridgehead atoms. The summed E-state index contributed by atoms with van der Waals surface area (Å²) in [5.74, 6) is -1.20. The van der Waals surface area contributed by atoms with Crippen LogP contribution in [-0.4, -0.2) is 11.8 Å². The van der Waals surface area contributed by atoms with Crippen molar-refractivity contribution in [3.05, 3.63) is 60.2 Å². The van der Waals surface area contributed by atoms with Crippen molar-refractivity contribution in [1.29, 1.82) is 0 Å². The highest BCUT2D eigenvalue weighted by Gasteiger charge is 2.31. The lowest BCUT2D eigenvalue weighted by Crippen LogP contribution is -2.37. The fourth-order valence-corrected chi connectivity index (χ4v) is 2.48. The first-order chi connectivity index (χ1) is 10.2. The van der Waals surface area contributed by atoms with Crippen LogP contribution in [-0.2, 0) is 9.59 Å². The summed E-state index contributed by atoms with van der Waals surface area (Å²) in [5, 5.41) is 0. The van der Waals surface area contributed by atoms with Crippen LogP contribution in [0.1, 0.15) is 24.3 Å². The number of hydrogen-bond acceptors (Lipinski definition) is 2. The summed E-state index contributed by atoms with van der Waals surface area (Å²) >= 11 is 0. The summed E-state index contributed by atoms with van der Waals surface area (Å²) in [6, 6.07) is 16.8. The van der Waals surface area contributed by atoms with Gasteiger partial charge in [0.25, 0.3) is 0 Å². The maximum Gasteiger partial charge on any atom is 0.320 e. The second-order valence-corrected chi connectivity index (χ2v) is 5.17. The molecule has 3 rings (SSSR count). The number of amides is 2. The van der Waals surface area contributed by atoms with Crippen molar-refractivity contribution >= 4 is 23.2 Å². The molecule has 0 spiro atoms. The van der Waals surface area contributed by atoms with Crippen molar-refractivity contribution in [2.24, 2.45) is 5.73 Å². The van der Waals surface area contributed by atoms with Crippen LogP contribution in [0, 0.1) is 0 Å². The number of benzene rings is 2. The fourth-order valence-electron chi connectivity index (χ4n) is 2.48. The lowest BCUT2D eigenvalue weighted by Gasteiger charge is -2.24. The number of carbonyl (C=O) groups excluding carboxylic acids is 2. The van der Waals surface area contributed by atoms with Gasteiger partial charge in [-0.25, -0.2) is 0 Å². The number of nitrogens with zero attached hydrogens (tertiary/aromatic N) is 1. The minimum absolute atomic E-state index is 0.466. The van der Waals surface area contributed by atoms with E-state index in [-0.39, 0.29) is 0 Å². The van der Waals surface area contributed by atoms with Gasteiger partial charge in [-0.2, -0.15) is 0 Å². The first-order valence-corrected chi connectivity index (χ1v) is 6.96. The Bertz CT molecular complexity index is 678. The molecule has 21 heavy (non-hydrogen) atoms. The third-order valence-electron chi connectivity index (χ3n) is 3.62. The molecule has 1 saturated carbocycles. The zero-order valence-corrected chi connectivity index (χ0v) is 11.5. The standard InChI is InChI=1S/C17H16N2O2/c18-16(20)17(21)19(13-6-2-1-3-7-13)15-9-5-4-8-14(15)12-10-11-12/h1-9,12H,10-11H2,(H2,18,20). The van der Waals surface area contributed by atoms with Gasteiger partial charge in [0, 0.05) is 5.69 Å². The number of primary amides is 1. The zero-order valence-electron chi connectivity index (χ0n) is 11.5. The molecule has 0 atom stereocenters. The Balaban J connectivity index is 2.12. The van der Waals surface area contributed by atoms with Crippen molar-refractivity contribution in [2.45, 2.75) is 18.8 Å². The Kier molecular flexibility index (Phi) is 3.44. The molecule has 1 aliphatic carbocycles. The maximum absolute atomic E-state index is 12.3. The van der Waals surface area contributed by atoms with E-state index in [1.54, 1.807) is 12.1 Å². The lowest BCUT2D eigenvalue weighted by atomic mass is 10.1. The van der Waals surface area contributed by atoms with E-state index in [9.17, 15) is 9.59 Å². The van der Waals surface area contributed by atoms with Crippen LogP contribution in [0.5, 0.6) is 0 Å². The summed E-state index contributed by atoms with van der Waals surface area (Å²) < 4.78 is 0. The molecule has 4 nitrogen and oxygen atoms in total. The van der Waals surface area contributed by atoms with Gasteiger partial charge in [-0.1, -0.05) is 36.4 Å². The van der Waals surface area contributed by atoms with Crippen LogP contribution in [0.25, 0.3) is 0 Å². The predicted octanol–water partition coefficient (Wildman–Crippen LogP) is 2.71. The number of carbonyl (C=O) groups is 2. The van der Waals surface area contributed by atoms with E-state index >= 15 is 0 Å². The smallest absolute Gasteiger partial charge is 0.320 e. The van der Waals surface area contributed by atoms with Crippen LogP contribution < -0.4 is 10.6 Å². The van der Waals surface area contributed by atoms with Gasteiger partial charge in [0.05, 0.1) is 5.69 Å². The van der Waals surface area contributed by atoms with Crippen LogP contribution in [0.15, 0.2) is 54.6 Å². The highest BCUT2D eigenvalue weighted by molar-refractivity contribution is 6.41. The van der Waals surface area contributed by atoms with Gasteiger partial charge in [-0.15, -0.1) is 0 Å². The second-order valence-electron chi connectivity index (χ2n) is 5.17. The summed E-state index contributed by atoms with van der Waals surface area (Å²) in [6.45, 7) is 0. The summed E-state index contributed by atoms with van der Waals surface area (Å²) in [6.07, 6.45) is 2.23. The summed E-state index contributed by atoms with van der Waals surface area (Å²) in [5.41, 5.74) is 7.71. The quantitative estimate of drug-likeness (QED) is 0.879. The van der Waals surface area contributed by atoms with Gasteiger partial charge in [0.1, 0.15) is 0 Å². The normalized spacial score (nSPS) is 13.7. The number of nitrogens with two attached hydrogens (primary N) is 1. The highest BCUT2D eigenvalue weighted by atomic mass is 16.2. The number of para-hydroxylation sites is 2. The molecule has 2 aromatic carbocycles. The molecule has 1 fully saturated rings. The Morgan fingerprint density at radius 1 is 0.952 bits per heavy atom. The van der Waals surface area contributed by atoms with Crippen molar-refractivity contribution < 1.29 is 9.59 Å². The Labute approximate surface area is 123 Å².